The van der Waals surface area contributed by atoms with Crippen LogP contribution in [0.3, 0.4) is 0 Å². The smallest absolute Gasteiger partial charge is 0.348 e. The molecule has 10 heteroatoms. The van der Waals surface area contributed by atoms with Crippen LogP contribution in [0.1, 0.15) is 21.7 Å². The number of sulfonamides is 1. The zero-order valence-corrected chi connectivity index (χ0v) is 21.6. The lowest BCUT2D eigenvalue weighted by Crippen LogP contribution is -2.35. The molecular weight excluding hydrogens is 512 g/mol. The molecule has 1 N–H and O–H groups in total. The first-order chi connectivity index (χ1) is 17.8. The maximum absolute atomic E-state index is 13.3. The molecule has 37 heavy (non-hydrogen) atoms. The molecule has 0 fully saturated rings. The van der Waals surface area contributed by atoms with Gasteiger partial charge < -0.3 is 14.8 Å². The van der Waals surface area contributed by atoms with Crippen LogP contribution < -0.4 is 14.4 Å². The van der Waals surface area contributed by atoms with E-state index in [9.17, 15) is 18.0 Å². The van der Waals surface area contributed by atoms with E-state index in [1.54, 1.807) is 30.3 Å². The highest BCUT2D eigenvalue weighted by atomic mass is 32.2. The molecule has 0 saturated heterocycles. The SMILES string of the molecule is COC(=O)c1cc2cc(NC(=O)COc3ccc(S(=O)(=O)N4CCCc5ccccc54)cc3)ccc2s1. The van der Waals surface area contributed by atoms with E-state index in [1.807, 2.05) is 30.3 Å². The molecule has 2 heterocycles. The Labute approximate surface area is 218 Å². The second-order valence-electron chi connectivity index (χ2n) is 8.47. The molecule has 0 aliphatic carbocycles. The standard InChI is InChI=1S/C27H24N2O6S2/c1-34-27(31)25-16-19-15-20(8-13-24(19)36-25)28-26(30)17-35-21-9-11-22(12-10-21)37(32,33)29-14-4-6-18-5-2-3-7-23(18)29/h2-3,5,7-13,15-16H,4,6,14,17H2,1H3,(H,28,30). The molecule has 0 bridgehead atoms. The third-order valence-electron chi connectivity index (χ3n) is 6.04. The fourth-order valence-corrected chi connectivity index (χ4v) is 6.75. The quantitative estimate of drug-likeness (QED) is 0.339. The van der Waals surface area contributed by atoms with Crippen molar-refractivity contribution in [1.82, 2.24) is 0 Å². The number of amides is 1. The highest BCUT2D eigenvalue weighted by Crippen LogP contribution is 2.32. The third kappa shape index (κ3) is 5.16. The van der Waals surface area contributed by atoms with Crippen LogP contribution in [0.15, 0.2) is 77.7 Å². The van der Waals surface area contributed by atoms with Gasteiger partial charge in [0.1, 0.15) is 10.6 Å². The molecule has 0 spiro atoms. The van der Waals surface area contributed by atoms with Crippen LogP contribution in [0.2, 0.25) is 0 Å². The van der Waals surface area contributed by atoms with Crippen LogP contribution in [-0.2, 0) is 26.0 Å². The van der Waals surface area contributed by atoms with Crippen LogP contribution in [0.25, 0.3) is 10.1 Å². The van der Waals surface area contributed by atoms with Gasteiger partial charge in [-0.1, -0.05) is 18.2 Å². The molecule has 3 aromatic carbocycles. The van der Waals surface area contributed by atoms with E-state index in [4.69, 9.17) is 9.47 Å². The van der Waals surface area contributed by atoms with Crippen LogP contribution >= 0.6 is 11.3 Å². The molecule has 0 unspecified atom stereocenters. The van der Waals surface area contributed by atoms with Crippen molar-refractivity contribution in [3.05, 3.63) is 83.2 Å². The van der Waals surface area contributed by atoms with Gasteiger partial charge in [0.25, 0.3) is 15.9 Å². The zero-order valence-electron chi connectivity index (χ0n) is 20.0. The van der Waals surface area contributed by atoms with E-state index in [2.05, 4.69) is 5.32 Å². The van der Waals surface area contributed by atoms with E-state index in [0.717, 1.165) is 28.5 Å². The van der Waals surface area contributed by atoms with E-state index >= 15 is 0 Å². The summed E-state index contributed by atoms with van der Waals surface area (Å²) in [6.07, 6.45) is 1.62. The Hall–Kier alpha value is -3.89. The number of anilines is 2. The molecule has 190 valence electrons. The number of methoxy groups -OCH3 is 1. The van der Waals surface area contributed by atoms with Crippen LogP contribution in [0.4, 0.5) is 11.4 Å². The number of fused-ring (bicyclic) bond motifs is 2. The van der Waals surface area contributed by atoms with E-state index in [1.165, 1.54) is 34.9 Å². The highest BCUT2D eigenvalue weighted by molar-refractivity contribution is 7.92. The minimum atomic E-state index is -3.72. The van der Waals surface area contributed by atoms with Gasteiger partial charge in [0.2, 0.25) is 0 Å². The predicted molar refractivity (Wildman–Crippen MR) is 143 cm³/mol. The first-order valence-corrected chi connectivity index (χ1v) is 13.9. The average Bonchev–Trinajstić information content (AvgIpc) is 3.35. The molecule has 1 aromatic heterocycles. The predicted octanol–water partition coefficient (Wildman–Crippen LogP) is 4.85. The Morgan fingerprint density at radius 2 is 1.81 bits per heavy atom. The first kappa shape index (κ1) is 24.8. The maximum Gasteiger partial charge on any atom is 0.348 e. The topological polar surface area (TPSA) is 102 Å². The summed E-state index contributed by atoms with van der Waals surface area (Å²) in [5.41, 5.74) is 2.30. The van der Waals surface area contributed by atoms with Crippen LogP contribution in [0, 0.1) is 0 Å². The summed E-state index contributed by atoms with van der Waals surface area (Å²) in [6, 6.07) is 20.7. The van der Waals surface area contributed by atoms with Crippen molar-refractivity contribution < 1.29 is 27.5 Å². The van der Waals surface area contributed by atoms with Gasteiger partial charge in [0, 0.05) is 16.9 Å². The molecule has 0 radical (unpaired) electrons. The molecule has 4 aromatic rings. The molecule has 1 aliphatic rings. The zero-order chi connectivity index (χ0) is 26.0. The minimum absolute atomic E-state index is 0.163. The Bertz CT molecular complexity index is 1580. The van der Waals surface area contributed by atoms with Gasteiger partial charge >= 0.3 is 5.97 Å². The van der Waals surface area contributed by atoms with Gasteiger partial charge in [-0.25, -0.2) is 13.2 Å². The van der Waals surface area contributed by atoms with Crippen molar-refractivity contribution in [2.45, 2.75) is 17.7 Å². The molecule has 5 rings (SSSR count). The fraction of sp³-hybridized carbons (Fsp3) is 0.185. The van der Waals surface area contributed by atoms with Crippen molar-refractivity contribution in [3.8, 4) is 5.75 Å². The summed E-state index contributed by atoms with van der Waals surface area (Å²) >= 11 is 1.32. The fourth-order valence-electron chi connectivity index (χ4n) is 4.25. The lowest BCUT2D eigenvalue weighted by molar-refractivity contribution is -0.118. The molecule has 0 saturated carbocycles. The highest BCUT2D eigenvalue weighted by Gasteiger charge is 2.28. The summed E-state index contributed by atoms with van der Waals surface area (Å²) in [5.74, 6) is -0.395. The Kier molecular flexibility index (Phi) is 6.86. The van der Waals surface area contributed by atoms with Crippen molar-refractivity contribution in [2.24, 2.45) is 0 Å². The number of esters is 1. The number of nitrogens with zero attached hydrogens (tertiary/aromatic N) is 1. The second-order valence-corrected chi connectivity index (χ2v) is 11.4. The van der Waals surface area contributed by atoms with Crippen molar-refractivity contribution in [2.75, 3.05) is 29.9 Å². The monoisotopic (exact) mass is 536 g/mol. The normalized spacial score (nSPS) is 13.2. The number of carbonyl (C=O) groups is 2. The molecule has 1 aliphatic heterocycles. The van der Waals surface area contributed by atoms with Crippen LogP contribution in [0.5, 0.6) is 5.75 Å². The number of benzene rings is 3. The van der Waals surface area contributed by atoms with Gasteiger partial charge in [-0.05, 0) is 78.4 Å². The summed E-state index contributed by atoms with van der Waals surface area (Å²) in [5, 5.41) is 3.58. The largest absolute Gasteiger partial charge is 0.484 e. The first-order valence-electron chi connectivity index (χ1n) is 11.6. The number of hydrogen-bond donors (Lipinski definition) is 1. The Morgan fingerprint density at radius 3 is 2.59 bits per heavy atom. The van der Waals surface area contributed by atoms with Gasteiger partial charge in [-0.15, -0.1) is 11.3 Å². The van der Waals surface area contributed by atoms with E-state index in [-0.39, 0.29) is 17.4 Å². The lowest BCUT2D eigenvalue weighted by Gasteiger charge is -2.30. The Morgan fingerprint density at radius 1 is 1.03 bits per heavy atom. The maximum atomic E-state index is 13.3. The van der Waals surface area contributed by atoms with Gasteiger partial charge in [0.05, 0.1) is 17.7 Å². The Balaban J connectivity index is 1.21. The van der Waals surface area contributed by atoms with Crippen molar-refractivity contribution >= 4 is 54.7 Å². The minimum Gasteiger partial charge on any atom is -0.484 e. The summed E-state index contributed by atoms with van der Waals surface area (Å²) in [4.78, 5) is 24.8. The molecule has 0 atom stereocenters. The van der Waals surface area contributed by atoms with Gasteiger partial charge in [-0.2, -0.15) is 0 Å². The number of aryl methyl sites for hydroxylation is 1. The van der Waals surface area contributed by atoms with Crippen LogP contribution in [-0.4, -0.2) is 40.6 Å². The van der Waals surface area contributed by atoms with Gasteiger partial charge in [-0.3, -0.25) is 9.10 Å². The number of para-hydroxylation sites is 1. The van der Waals surface area contributed by atoms with E-state index < -0.39 is 16.0 Å². The van der Waals surface area contributed by atoms with Crippen molar-refractivity contribution in [1.29, 1.82) is 0 Å². The van der Waals surface area contributed by atoms with Gasteiger partial charge in [0.15, 0.2) is 6.61 Å². The lowest BCUT2D eigenvalue weighted by atomic mass is 10.0. The summed E-state index contributed by atoms with van der Waals surface area (Å²) in [7, 11) is -2.39. The molecule has 8 nitrogen and oxygen atoms in total. The summed E-state index contributed by atoms with van der Waals surface area (Å²) in [6.45, 7) is 0.180. The number of carbonyl (C=O) groups excluding carboxylic acids is 2. The summed E-state index contributed by atoms with van der Waals surface area (Å²) < 4.78 is 39.2. The number of hydrogen-bond acceptors (Lipinski definition) is 7. The van der Waals surface area contributed by atoms with Crippen molar-refractivity contribution in [3.63, 3.8) is 0 Å². The molecular formula is C27H24N2O6S2. The number of ether oxygens (including phenoxy) is 2. The van der Waals surface area contributed by atoms with E-state index in [0.29, 0.717) is 28.5 Å². The number of thiophene rings is 1. The second kappa shape index (κ2) is 10.2. The third-order valence-corrected chi connectivity index (χ3v) is 8.96. The number of rotatable bonds is 7. The number of nitrogens with one attached hydrogen (secondary N) is 1. The average molecular weight is 537 g/mol. The molecule has 1 amide bonds.